The van der Waals surface area contributed by atoms with Crippen LogP contribution in [0.25, 0.3) is 0 Å². The summed E-state index contributed by atoms with van der Waals surface area (Å²) in [6.45, 7) is 0. The van der Waals surface area contributed by atoms with E-state index in [1.165, 1.54) is 22.6 Å². The molecule has 4 nitrogen and oxygen atoms in total. The first-order valence-corrected chi connectivity index (χ1v) is 6.43. The Kier molecular flexibility index (Phi) is 2.70. The molecule has 1 saturated carbocycles. The van der Waals surface area contributed by atoms with Crippen molar-refractivity contribution in [2.75, 3.05) is 7.05 Å². The Labute approximate surface area is 93.9 Å². The van der Waals surface area contributed by atoms with Crippen LogP contribution in [-0.2, 0) is 10.0 Å². The van der Waals surface area contributed by atoms with Gasteiger partial charge in [-0.1, -0.05) is 11.6 Å². The van der Waals surface area contributed by atoms with Crippen molar-refractivity contribution >= 4 is 21.6 Å². The lowest BCUT2D eigenvalue weighted by Gasteiger charge is -2.15. The van der Waals surface area contributed by atoms with Gasteiger partial charge in [0.15, 0.2) is 0 Å². The van der Waals surface area contributed by atoms with Crippen molar-refractivity contribution in [2.24, 2.45) is 0 Å². The van der Waals surface area contributed by atoms with Crippen molar-refractivity contribution in [1.82, 2.24) is 9.29 Å². The lowest BCUT2D eigenvalue weighted by atomic mass is 10.5. The van der Waals surface area contributed by atoms with Crippen LogP contribution in [0.2, 0.25) is 5.15 Å². The molecule has 15 heavy (non-hydrogen) atoms. The largest absolute Gasteiger partial charge is 0.244 e. The van der Waals surface area contributed by atoms with Gasteiger partial charge < -0.3 is 0 Å². The first kappa shape index (κ1) is 10.9. The summed E-state index contributed by atoms with van der Waals surface area (Å²) in [5, 5.41) is 0.195. The molecule has 0 aliphatic heterocycles. The quantitative estimate of drug-likeness (QED) is 0.760. The van der Waals surface area contributed by atoms with Gasteiger partial charge in [-0.15, -0.1) is 0 Å². The number of halogens is 1. The number of aromatic nitrogens is 1. The lowest BCUT2D eigenvalue weighted by Crippen LogP contribution is -2.28. The van der Waals surface area contributed by atoms with E-state index in [0.29, 0.717) is 0 Å². The third kappa shape index (κ3) is 2.14. The van der Waals surface area contributed by atoms with E-state index >= 15 is 0 Å². The summed E-state index contributed by atoms with van der Waals surface area (Å²) in [5.74, 6) is 0. The van der Waals surface area contributed by atoms with Crippen LogP contribution in [-0.4, -0.2) is 30.8 Å². The maximum absolute atomic E-state index is 12.0. The Morgan fingerprint density at radius 1 is 1.53 bits per heavy atom. The number of nitrogens with zero attached hydrogens (tertiary/aromatic N) is 2. The van der Waals surface area contributed by atoms with Gasteiger partial charge in [-0.2, -0.15) is 4.31 Å². The molecule has 1 aromatic heterocycles. The van der Waals surface area contributed by atoms with Crippen LogP contribution in [0.15, 0.2) is 23.2 Å². The van der Waals surface area contributed by atoms with Crippen LogP contribution < -0.4 is 0 Å². The van der Waals surface area contributed by atoms with Gasteiger partial charge >= 0.3 is 0 Å². The molecule has 1 aliphatic rings. The van der Waals surface area contributed by atoms with Crippen molar-refractivity contribution < 1.29 is 8.42 Å². The maximum Gasteiger partial charge on any atom is 0.243 e. The Morgan fingerprint density at radius 3 is 2.73 bits per heavy atom. The van der Waals surface area contributed by atoms with E-state index in [1.54, 1.807) is 7.05 Å². The number of rotatable bonds is 3. The Morgan fingerprint density at radius 2 is 2.20 bits per heavy atom. The molecule has 0 unspecified atom stereocenters. The molecule has 0 amide bonds. The highest BCUT2D eigenvalue weighted by atomic mass is 35.5. The van der Waals surface area contributed by atoms with E-state index in [-0.39, 0.29) is 16.1 Å². The molecule has 1 aliphatic carbocycles. The first-order valence-electron chi connectivity index (χ1n) is 4.61. The van der Waals surface area contributed by atoms with E-state index in [4.69, 9.17) is 11.6 Å². The summed E-state index contributed by atoms with van der Waals surface area (Å²) in [6, 6.07) is 2.98. The molecule has 1 fully saturated rings. The number of sulfonamides is 1. The molecule has 6 heteroatoms. The Hall–Kier alpha value is -0.650. The van der Waals surface area contributed by atoms with Gasteiger partial charge in [0.05, 0.1) is 4.90 Å². The van der Waals surface area contributed by atoms with Crippen molar-refractivity contribution in [1.29, 1.82) is 0 Å². The summed E-state index contributed by atoms with van der Waals surface area (Å²) in [7, 11) is -1.79. The third-order valence-corrected chi connectivity index (χ3v) is 4.55. The standard InChI is InChI=1S/C9H11ClN2O2S/c1-12(7-2-3-7)15(13,14)8-4-5-11-9(10)6-8/h4-7H,2-3H2,1H3. The van der Waals surface area contributed by atoms with Crippen molar-refractivity contribution in [3.63, 3.8) is 0 Å². The van der Waals surface area contributed by atoms with Gasteiger partial charge in [0.25, 0.3) is 0 Å². The molecule has 1 aromatic rings. The van der Waals surface area contributed by atoms with Gasteiger partial charge in [-0.25, -0.2) is 13.4 Å². The monoisotopic (exact) mass is 246 g/mol. The summed E-state index contributed by atoms with van der Waals surface area (Å²) in [6.07, 6.45) is 3.28. The maximum atomic E-state index is 12.0. The van der Waals surface area contributed by atoms with E-state index in [2.05, 4.69) is 4.98 Å². The summed E-state index contributed by atoms with van der Waals surface area (Å²) in [4.78, 5) is 3.96. The zero-order valence-electron chi connectivity index (χ0n) is 8.22. The van der Waals surface area contributed by atoms with Gasteiger partial charge in [0.1, 0.15) is 5.15 Å². The molecule has 0 bridgehead atoms. The first-order chi connectivity index (χ1) is 7.01. The van der Waals surface area contributed by atoms with E-state index in [9.17, 15) is 8.42 Å². The van der Waals surface area contributed by atoms with Gasteiger partial charge in [0.2, 0.25) is 10.0 Å². The zero-order valence-corrected chi connectivity index (χ0v) is 9.79. The molecule has 0 aromatic carbocycles. The van der Waals surface area contributed by atoms with Gasteiger partial charge in [-0.05, 0) is 25.0 Å². The fourth-order valence-electron chi connectivity index (χ4n) is 1.35. The minimum Gasteiger partial charge on any atom is -0.244 e. The van der Waals surface area contributed by atoms with Crippen LogP contribution in [0.5, 0.6) is 0 Å². The molecule has 0 radical (unpaired) electrons. The predicted octanol–water partition coefficient (Wildman–Crippen LogP) is 1.52. The minimum atomic E-state index is -3.39. The van der Waals surface area contributed by atoms with Crippen molar-refractivity contribution in [3.8, 4) is 0 Å². The van der Waals surface area contributed by atoms with Gasteiger partial charge in [-0.3, -0.25) is 0 Å². The fourth-order valence-corrected chi connectivity index (χ4v) is 3.01. The Bertz CT molecular complexity index is 471. The predicted molar refractivity (Wildman–Crippen MR) is 57.2 cm³/mol. The molecule has 2 rings (SSSR count). The smallest absolute Gasteiger partial charge is 0.243 e. The topological polar surface area (TPSA) is 50.3 Å². The van der Waals surface area contributed by atoms with E-state index in [0.717, 1.165) is 12.8 Å². The SMILES string of the molecule is CN(C1CC1)S(=O)(=O)c1ccnc(Cl)c1. The van der Waals surface area contributed by atoms with E-state index < -0.39 is 10.0 Å². The van der Waals surface area contributed by atoms with E-state index in [1.807, 2.05) is 0 Å². The molecule has 82 valence electrons. The second-order valence-electron chi connectivity index (χ2n) is 3.57. The summed E-state index contributed by atoms with van der Waals surface area (Å²) < 4.78 is 25.4. The molecule has 0 N–H and O–H groups in total. The average Bonchev–Trinajstić information content (AvgIpc) is 3.00. The highest BCUT2D eigenvalue weighted by Gasteiger charge is 2.35. The van der Waals surface area contributed by atoms with Gasteiger partial charge in [0, 0.05) is 19.3 Å². The molecular weight excluding hydrogens is 236 g/mol. The highest BCUT2D eigenvalue weighted by molar-refractivity contribution is 7.89. The lowest BCUT2D eigenvalue weighted by molar-refractivity contribution is 0.464. The number of hydrogen-bond donors (Lipinski definition) is 0. The molecular formula is C9H11ClN2O2S. The Balaban J connectivity index is 2.36. The second kappa shape index (κ2) is 3.73. The van der Waals surface area contributed by atoms with Crippen LogP contribution in [0.3, 0.4) is 0 Å². The fraction of sp³-hybridized carbons (Fsp3) is 0.444. The molecule has 0 saturated heterocycles. The molecule has 0 atom stereocenters. The average molecular weight is 247 g/mol. The second-order valence-corrected chi connectivity index (χ2v) is 5.95. The number of pyridine rings is 1. The van der Waals surface area contributed by atoms with Crippen LogP contribution >= 0.6 is 11.6 Å². The van der Waals surface area contributed by atoms with Crippen LogP contribution in [0.1, 0.15) is 12.8 Å². The molecule has 0 spiro atoms. The van der Waals surface area contributed by atoms with Crippen molar-refractivity contribution in [2.45, 2.75) is 23.8 Å². The summed E-state index contributed by atoms with van der Waals surface area (Å²) >= 11 is 5.66. The molecule has 1 heterocycles. The number of hydrogen-bond acceptors (Lipinski definition) is 3. The summed E-state index contributed by atoms with van der Waals surface area (Å²) in [5.41, 5.74) is 0. The minimum absolute atomic E-state index is 0.155. The van der Waals surface area contributed by atoms with Crippen LogP contribution in [0, 0.1) is 0 Å². The normalized spacial score (nSPS) is 17.0. The zero-order chi connectivity index (χ0) is 11.1. The van der Waals surface area contributed by atoms with Crippen molar-refractivity contribution in [3.05, 3.63) is 23.5 Å². The van der Waals surface area contributed by atoms with Crippen LogP contribution in [0.4, 0.5) is 0 Å². The third-order valence-electron chi connectivity index (χ3n) is 2.44. The highest BCUT2D eigenvalue weighted by Crippen LogP contribution is 2.30.